The SMILES string of the molecule is Cc1c(Cl)cccc1CNC(=O)C[C@H]1S[C@H](c2ccc(Cl)cc2Cl)N(CC(=O)NCCCN2CCOCC2)C1=O. The van der Waals surface area contributed by atoms with Crippen molar-refractivity contribution >= 4 is 64.3 Å². The average Bonchev–Trinajstić information content (AvgIpc) is 3.22. The number of halogens is 3. The van der Waals surface area contributed by atoms with Gasteiger partial charge < -0.3 is 20.3 Å². The molecule has 3 amide bonds. The molecule has 8 nitrogen and oxygen atoms in total. The van der Waals surface area contributed by atoms with Gasteiger partial charge in [-0.3, -0.25) is 19.3 Å². The zero-order valence-electron chi connectivity index (χ0n) is 22.3. The Morgan fingerprint density at radius 3 is 2.58 bits per heavy atom. The normalized spacial score (nSPS) is 19.6. The summed E-state index contributed by atoms with van der Waals surface area (Å²) in [6.45, 7) is 6.70. The number of amides is 3. The number of hydrogen-bond donors (Lipinski definition) is 2. The molecule has 0 spiro atoms. The van der Waals surface area contributed by atoms with Gasteiger partial charge in [0.25, 0.3) is 0 Å². The van der Waals surface area contributed by atoms with Crippen molar-refractivity contribution in [1.82, 2.24) is 20.4 Å². The second-order valence-corrected chi connectivity index (χ2v) is 12.3. The van der Waals surface area contributed by atoms with Crippen LogP contribution in [0.2, 0.25) is 15.1 Å². The van der Waals surface area contributed by atoms with Crippen LogP contribution in [0.3, 0.4) is 0 Å². The zero-order chi connectivity index (χ0) is 28.6. The van der Waals surface area contributed by atoms with E-state index < -0.39 is 10.6 Å². The molecule has 0 radical (unpaired) electrons. The molecule has 40 heavy (non-hydrogen) atoms. The van der Waals surface area contributed by atoms with Crippen molar-refractivity contribution in [2.75, 3.05) is 45.9 Å². The van der Waals surface area contributed by atoms with E-state index in [9.17, 15) is 14.4 Å². The topological polar surface area (TPSA) is 91.0 Å². The maximum Gasteiger partial charge on any atom is 0.239 e. The van der Waals surface area contributed by atoms with Crippen LogP contribution in [-0.4, -0.2) is 78.7 Å². The van der Waals surface area contributed by atoms with Crippen LogP contribution in [0.15, 0.2) is 36.4 Å². The van der Waals surface area contributed by atoms with Crippen LogP contribution in [0.5, 0.6) is 0 Å². The minimum atomic E-state index is -0.661. The molecule has 2 atom stereocenters. The number of hydrogen-bond acceptors (Lipinski definition) is 6. The molecule has 12 heteroatoms. The predicted molar refractivity (Wildman–Crippen MR) is 160 cm³/mol. The lowest BCUT2D eigenvalue weighted by Crippen LogP contribution is -2.42. The number of rotatable bonds is 11. The molecule has 2 aliphatic rings. The van der Waals surface area contributed by atoms with Gasteiger partial charge in [0, 0.05) is 53.2 Å². The summed E-state index contributed by atoms with van der Waals surface area (Å²) < 4.78 is 5.37. The summed E-state index contributed by atoms with van der Waals surface area (Å²) in [5.41, 5.74) is 2.47. The molecule has 4 rings (SSSR count). The molecular weight excluding hydrogens is 595 g/mol. The largest absolute Gasteiger partial charge is 0.379 e. The van der Waals surface area contributed by atoms with Crippen LogP contribution in [0.1, 0.15) is 34.9 Å². The van der Waals surface area contributed by atoms with E-state index in [4.69, 9.17) is 39.5 Å². The summed E-state index contributed by atoms with van der Waals surface area (Å²) in [5.74, 6) is -0.799. The summed E-state index contributed by atoms with van der Waals surface area (Å²) >= 11 is 20.1. The molecule has 216 valence electrons. The number of morpholine rings is 1. The molecule has 2 aromatic rings. The summed E-state index contributed by atoms with van der Waals surface area (Å²) in [4.78, 5) is 43.0. The second-order valence-electron chi connectivity index (χ2n) is 9.77. The maximum absolute atomic E-state index is 13.5. The highest BCUT2D eigenvalue weighted by Crippen LogP contribution is 2.46. The van der Waals surface area contributed by atoms with E-state index in [0.717, 1.165) is 50.4 Å². The van der Waals surface area contributed by atoms with Gasteiger partial charge in [-0.1, -0.05) is 53.0 Å². The fraction of sp³-hybridized carbons (Fsp3) is 0.464. The highest BCUT2D eigenvalue weighted by atomic mass is 35.5. The van der Waals surface area contributed by atoms with Crippen LogP contribution in [0.25, 0.3) is 0 Å². The number of nitrogens with one attached hydrogen (secondary N) is 2. The first kappa shape index (κ1) is 30.9. The molecule has 2 heterocycles. The molecule has 0 bridgehead atoms. The van der Waals surface area contributed by atoms with Gasteiger partial charge in [0.15, 0.2) is 0 Å². The third kappa shape index (κ3) is 8.27. The Kier molecular flexibility index (Phi) is 11.4. The van der Waals surface area contributed by atoms with Gasteiger partial charge in [-0.2, -0.15) is 0 Å². The standard InChI is InChI=1S/C28H33Cl3N4O4S/c1-18-19(4-2-5-22(18)30)16-33-25(36)15-24-27(38)35(28(40-24)21-7-6-20(29)14-23(21)31)17-26(37)32-8-3-9-34-10-12-39-13-11-34/h2,4-7,14,24,28H,3,8-13,15-17H2,1H3,(H,32,37)(H,33,36)/t24-,28-/m1/s1. The van der Waals surface area contributed by atoms with E-state index >= 15 is 0 Å². The Morgan fingerprint density at radius 2 is 1.82 bits per heavy atom. The second kappa shape index (κ2) is 14.8. The van der Waals surface area contributed by atoms with Crippen molar-refractivity contribution in [1.29, 1.82) is 0 Å². The minimum Gasteiger partial charge on any atom is -0.379 e. The summed E-state index contributed by atoms with van der Waals surface area (Å²) in [6.07, 6.45) is 0.776. The van der Waals surface area contributed by atoms with E-state index in [1.165, 1.54) is 16.7 Å². The predicted octanol–water partition coefficient (Wildman–Crippen LogP) is 4.44. The molecular formula is C28H33Cl3N4O4S. The van der Waals surface area contributed by atoms with E-state index in [1.807, 2.05) is 19.1 Å². The number of carbonyl (C=O) groups is 3. The molecule has 2 aromatic carbocycles. The van der Waals surface area contributed by atoms with Crippen LogP contribution < -0.4 is 10.6 Å². The van der Waals surface area contributed by atoms with Crippen LogP contribution in [0, 0.1) is 6.92 Å². The first-order valence-corrected chi connectivity index (χ1v) is 15.3. The van der Waals surface area contributed by atoms with E-state index in [0.29, 0.717) is 33.7 Å². The van der Waals surface area contributed by atoms with Gasteiger partial charge in [0.05, 0.1) is 18.5 Å². The van der Waals surface area contributed by atoms with Gasteiger partial charge in [-0.05, 0) is 49.2 Å². The molecule has 2 fully saturated rings. The lowest BCUT2D eigenvalue weighted by Gasteiger charge is -2.26. The summed E-state index contributed by atoms with van der Waals surface area (Å²) in [5, 5.41) is 6.13. The van der Waals surface area contributed by atoms with E-state index in [1.54, 1.807) is 24.3 Å². The smallest absolute Gasteiger partial charge is 0.239 e. The molecule has 2 N–H and O–H groups in total. The Morgan fingerprint density at radius 1 is 1.05 bits per heavy atom. The number of thioether (sulfide) groups is 1. The van der Waals surface area contributed by atoms with Crippen molar-refractivity contribution in [2.24, 2.45) is 0 Å². The van der Waals surface area contributed by atoms with Gasteiger partial charge in [-0.15, -0.1) is 11.8 Å². The third-order valence-electron chi connectivity index (χ3n) is 6.98. The first-order valence-electron chi connectivity index (χ1n) is 13.2. The Balaban J connectivity index is 1.37. The van der Waals surface area contributed by atoms with Crippen LogP contribution >= 0.6 is 46.6 Å². The Labute approximate surface area is 254 Å². The zero-order valence-corrected chi connectivity index (χ0v) is 25.3. The van der Waals surface area contributed by atoms with Crippen molar-refractivity contribution in [3.05, 3.63) is 68.2 Å². The molecule has 2 aliphatic heterocycles. The van der Waals surface area contributed by atoms with Crippen molar-refractivity contribution in [3.63, 3.8) is 0 Å². The summed E-state index contributed by atoms with van der Waals surface area (Å²) in [6, 6.07) is 10.6. The third-order valence-corrected chi connectivity index (χ3v) is 9.42. The molecule has 0 saturated carbocycles. The van der Waals surface area contributed by atoms with E-state index in [2.05, 4.69) is 15.5 Å². The first-order chi connectivity index (χ1) is 19.2. The van der Waals surface area contributed by atoms with Crippen LogP contribution in [0.4, 0.5) is 0 Å². The van der Waals surface area contributed by atoms with E-state index in [-0.39, 0.29) is 30.7 Å². The van der Waals surface area contributed by atoms with Crippen molar-refractivity contribution < 1.29 is 19.1 Å². The molecule has 0 aromatic heterocycles. The van der Waals surface area contributed by atoms with Crippen molar-refractivity contribution in [3.8, 4) is 0 Å². The highest BCUT2D eigenvalue weighted by Gasteiger charge is 2.43. The quantitative estimate of drug-likeness (QED) is 0.358. The number of benzene rings is 2. The molecule has 2 saturated heterocycles. The van der Waals surface area contributed by atoms with Gasteiger partial charge in [0.1, 0.15) is 11.9 Å². The summed E-state index contributed by atoms with van der Waals surface area (Å²) in [7, 11) is 0. The molecule has 0 unspecified atom stereocenters. The van der Waals surface area contributed by atoms with Crippen molar-refractivity contribution in [2.45, 2.75) is 36.9 Å². The minimum absolute atomic E-state index is 0.0253. The Hall–Kier alpha value is -2.01. The number of ether oxygens (including phenoxy) is 1. The van der Waals surface area contributed by atoms with Crippen LogP contribution in [-0.2, 0) is 25.7 Å². The fourth-order valence-electron chi connectivity index (χ4n) is 4.67. The average molecular weight is 628 g/mol. The number of carbonyl (C=O) groups excluding carboxylic acids is 3. The van der Waals surface area contributed by atoms with Gasteiger partial charge >= 0.3 is 0 Å². The highest BCUT2D eigenvalue weighted by molar-refractivity contribution is 8.01. The monoisotopic (exact) mass is 626 g/mol. The Bertz CT molecular complexity index is 1230. The number of nitrogens with zero attached hydrogens (tertiary/aromatic N) is 2. The fourth-order valence-corrected chi connectivity index (χ4v) is 6.93. The lowest BCUT2D eigenvalue weighted by atomic mass is 10.1. The van der Waals surface area contributed by atoms with Gasteiger partial charge in [0.2, 0.25) is 17.7 Å². The maximum atomic E-state index is 13.5. The molecule has 0 aliphatic carbocycles. The van der Waals surface area contributed by atoms with Gasteiger partial charge in [-0.25, -0.2) is 0 Å². The lowest BCUT2D eigenvalue weighted by molar-refractivity contribution is -0.136.